The SMILES string of the molecule is COc1ccccc1C1C(C#N)=C(N)Oc2cc(C)n(C)c(=O)c21. The molecule has 1 aromatic carbocycles. The Bertz CT molecular complexity index is 951. The highest BCUT2D eigenvalue weighted by Crippen LogP contribution is 2.43. The largest absolute Gasteiger partial charge is 0.496 e. The zero-order valence-corrected chi connectivity index (χ0v) is 13.7. The first-order valence-corrected chi connectivity index (χ1v) is 7.40. The molecule has 0 saturated heterocycles. The van der Waals surface area contributed by atoms with E-state index in [0.29, 0.717) is 22.6 Å². The lowest BCUT2D eigenvalue weighted by molar-refractivity contribution is 0.383. The van der Waals surface area contributed by atoms with Crippen molar-refractivity contribution in [3.05, 3.63) is 69.0 Å². The molecular weight excluding hydrogens is 306 g/mol. The average molecular weight is 323 g/mol. The van der Waals surface area contributed by atoms with Crippen LogP contribution in [0.15, 0.2) is 46.6 Å². The first-order valence-electron chi connectivity index (χ1n) is 7.40. The van der Waals surface area contributed by atoms with E-state index in [1.54, 1.807) is 26.3 Å². The second-order valence-corrected chi connectivity index (χ2v) is 5.59. The number of pyridine rings is 1. The van der Waals surface area contributed by atoms with Gasteiger partial charge in [0.05, 0.1) is 18.6 Å². The van der Waals surface area contributed by atoms with Gasteiger partial charge < -0.3 is 19.8 Å². The maximum absolute atomic E-state index is 12.9. The Labute approximate surface area is 139 Å². The molecule has 1 atom stereocenters. The molecule has 3 rings (SSSR count). The van der Waals surface area contributed by atoms with Crippen molar-refractivity contribution < 1.29 is 9.47 Å². The molecule has 6 nitrogen and oxygen atoms in total. The third kappa shape index (κ3) is 2.22. The number of nitrogens with two attached hydrogens (primary N) is 1. The Morgan fingerprint density at radius 2 is 2.08 bits per heavy atom. The minimum atomic E-state index is -0.630. The highest BCUT2D eigenvalue weighted by Gasteiger charge is 2.35. The van der Waals surface area contributed by atoms with Crippen molar-refractivity contribution in [2.24, 2.45) is 12.8 Å². The summed E-state index contributed by atoms with van der Waals surface area (Å²) in [5.74, 6) is 0.337. The maximum Gasteiger partial charge on any atom is 0.258 e. The monoisotopic (exact) mass is 323 g/mol. The van der Waals surface area contributed by atoms with Gasteiger partial charge in [0.1, 0.15) is 23.1 Å². The number of nitrogens with zero attached hydrogens (tertiary/aromatic N) is 2. The predicted molar refractivity (Wildman–Crippen MR) is 88.7 cm³/mol. The minimum absolute atomic E-state index is 0.00793. The van der Waals surface area contributed by atoms with Gasteiger partial charge in [-0.2, -0.15) is 5.26 Å². The molecule has 1 aliphatic rings. The van der Waals surface area contributed by atoms with Gasteiger partial charge >= 0.3 is 0 Å². The van der Waals surface area contributed by atoms with Crippen molar-refractivity contribution in [2.75, 3.05) is 7.11 Å². The van der Waals surface area contributed by atoms with Gasteiger partial charge in [-0.25, -0.2) is 0 Å². The summed E-state index contributed by atoms with van der Waals surface area (Å²) < 4.78 is 12.5. The number of allylic oxidation sites excluding steroid dienone is 1. The second kappa shape index (κ2) is 5.78. The highest BCUT2D eigenvalue weighted by atomic mass is 16.5. The van der Waals surface area contributed by atoms with E-state index in [0.717, 1.165) is 5.69 Å². The third-order valence-corrected chi connectivity index (χ3v) is 4.30. The predicted octanol–water partition coefficient (Wildman–Crippen LogP) is 1.92. The number of aromatic nitrogens is 1. The number of hydrogen-bond donors (Lipinski definition) is 1. The van der Waals surface area contributed by atoms with Crippen molar-refractivity contribution in [1.29, 1.82) is 5.26 Å². The fourth-order valence-corrected chi connectivity index (χ4v) is 2.96. The molecule has 0 aliphatic carbocycles. The zero-order chi connectivity index (χ0) is 17.4. The number of fused-ring (bicyclic) bond motifs is 1. The van der Waals surface area contributed by atoms with Gasteiger partial charge in [-0.1, -0.05) is 18.2 Å². The van der Waals surface area contributed by atoms with Crippen LogP contribution in [0, 0.1) is 18.3 Å². The Kier molecular flexibility index (Phi) is 3.78. The molecule has 0 amide bonds. The Morgan fingerprint density at radius 1 is 1.38 bits per heavy atom. The van der Waals surface area contributed by atoms with E-state index in [-0.39, 0.29) is 17.0 Å². The fourth-order valence-electron chi connectivity index (χ4n) is 2.96. The lowest BCUT2D eigenvalue weighted by Gasteiger charge is -2.27. The molecule has 0 radical (unpaired) electrons. The molecule has 2 aromatic rings. The van der Waals surface area contributed by atoms with Crippen LogP contribution in [-0.4, -0.2) is 11.7 Å². The summed E-state index contributed by atoms with van der Waals surface area (Å²) in [4.78, 5) is 12.9. The summed E-state index contributed by atoms with van der Waals surface area (Å²) in [5.41, 5.74) is 7.76. The van der Waals surface area contributed by atoms with Gasteiger partial charge in [0.25, 0.3) is 5.56 Å². The third-order valence-electron chi connectivity index (χ3n) is 4.30. The summed E-state index contributed by atoms with van der Waals surface area (Å²) in [6.45, 7) is 1.81. The van der Waals surface area contributed by atoms with Crippen LogP contribution in [-0.2, 0) is 7.05 Å². The standard InChI is InChI=1S/C18H17N3O3/c1-10-8-14-16(18(22)21(10)2)15(12(9-19)17(20)24-14)11-6-4-5-7-13(11)23-3/h4-8,15H,20H2,1-3H3. The van der Waals surface area contributed by atoms with Crippen molar-refractivity contribution in [2.45, 2.75) is 12.8 Å². The lowest BCUT2D eigenvalue weighted by Crippen LogP contribution is -2.31. The maximum atomic E-state index is 12.9. The number of hydrogen-bond acceptors (Lipinski definition) is 5. The first-order chi connectivity index (χ1) is 11.5. The number of methoxy groups -OCH3 is 1. The molecule has 122 valence electrons. The van der Waals surface area contributed by atoms with E-state index >= 15 is 0 Å². The van der Waals surface area contributed by atoms with Crippen LogP contribution in [0.3, 0.4) is 0 Å². The van der Waals surface area contributed by atoms with Crippen LogP contribution < -0.4 is 20.8 Å². The fraction of sp³-hybridized carbons (Fsp3) is 0.222. The summed E-state index contributed by atoms with van der Waals surface area (Å²) in [6, 6.07) is 11.1. The van der Waals surface area contributed by atoms with Crippen LogP contribution in [0.2, 0.25) is 0 Å². The van der Waals surface area contributed by atoms with E-state index in [9.17, 15) is 10.1 Å². The van der Waals surface area contributed by atoms with Crippen LogP contribution in [0.4, 0.5) is 0 Å². The number of para-hydroxylation sites is 1. The van der Waals surface area contributed by atoms with E-state index in [4.69, 9.17) is 15.2 Å². The summed E-state index contributed by atoms with van der Waals surface area (Å²) >= 11 is 0. The molecule has 1 aliphatic heterocycles. The molecule has 0 saturated carbocycles. The molecule has 1 unspecified atom stereocenters. The average Bonchev–Trinajstić information content (AvgIpc) is 2.58. The number of benzene rings is 1. The molecular formula is C18H17N3O3. The topological polar surface area (TPSA) is 90.3 Å². The lowest BCUT2D eigenvalue weighted by atomic mass is 9.83. The van der Waals surface area contributed by atoms with Crippen molar-refractivity contribution in [3.8, 4) is 17.6 Å². The van der Waals surface area contributed by atoms with Crippen LogP contribution in [0.25, 0.3) is 0 Å². The summed E-state index contributed by atoms with van der Waals surface area (Å²) in [5, 5.41) is 9.58. The molecule has 6 heteroatoms. The zero-order valence-electron chi connectivity index (χ0n) is 13.7. The normalized spacial score (nSPS) is 16.2. The van der Waals surface area contributed by atoms with Gasteiger partial charge in [0.2, 0.25) is 5.88 Å². The Balaban J connectivity index is 2.38. The Hall–Kier alpha value is -3.20. The van der Waals surface area contributed by atoms with Crippen LogP contribution >= 0.6 is 0 Å². The van der Waals surface area contributed by atoms with E-state index < -0.39 is 5.92 Å². The summed E-state index contributed by atoms with van der Waals surface area (Å²) in [6.07, 6.45) is 0. The van der Waals surface area contributed by atoms with Crippen molar-refractivity contribution >= 4 is 0 Å². The Morgan fingerprint density at radius 3 is 2.75 bits per heavy atom. The van der Waals surface area contributed by atoms with E-state index in [1.165, 1.54) is 4.57 Å². The molecule has 0 bridgehead atoms. The van der Waals surface area contributed by atoms with Crippen molar-refractivity contribution in [1.82, 2.24) is 4.57 Å². The van der Waals surface area contributed by atoms with Gasteiger partial charge in [-0.05, 0) is 13.0 Å². The van der Waals surface area contributed by atoms with Crippen molar-refractivity contribution in [3.63, 3.8) is 0 Å². The van der Waals surface area contributed by atoms with Gasteiger partial charge in [0.15, 0.2) is 0 Å². The molecule has 0 spiro atoms. The summed E-state index contributed by atoms with van der Waals surface area (Å²) in [7, 11) is 3.23. The number of rotatable bonds is 2. The molecule has 1 aromatic heterocycles. The molecule has 0 fully saturated rings. The van der Waals surface area contributed by atoms with Gasteiger partial charge in [-0.15, -0.1) is 0 Å². The first kappa shape index (κ1) is 15.7. The highest BCUT2D eigenvalue weighted by molar-refractivity contribution is 5.58. The van der Waals surface area contributed by atoms with Gasteiger partial charge in [0, 0.05) is 24.4 Å². The molecule has 2 heterocycles. The van der Waals surface area contributed by atoms with Gasteiger partial charge in [-0.3, -0.25) is 4.79 Å². The van der Waals surface area contributed by atoms with Crippen LogP contribution in [0.1, 0.15) is 22.7 Å². The number of nitriles is 1. The quantitative estimate of drug-likeness (QED) is 0.912. The van der Waals surface area contributed by atoms with E-state index in [2.05, 4.69) is 6.07 Å². The smallest absolute Gasteiger partial charge is 0.258 e. The minimum Gasteiger partial charge on any atom is -0.496 e. The van der Waals surface area contributed by atoms with Crippen LogP contribution in [0.5, 0.6) is 11.5 Å². The second-order valence-electron chi connectivity index (χ2n) is 5.59. The molecule has 24 heavy (non-hydrogen) atoms. The number of ether oxygens (including phenoxy) is 2. The van der Waals surface area contributed by atoms with E-state index in [1.807, 2.05) is 25.1 Å². The molecule has 2 N–H and O–H groups in total. The number of aryl methyl sites for hydroxylation is 1.